The normalized spacial score (nSPS) is 15.4. The van der Waals surface area contributed by atoms with Gasteiger partial charge in [-0.05, 0) is 47.7 Å². The van der Waals surface area contributed by atoms with Crippen molar-refractivity contribution in [3.8, 4) is 11.5 Å². The molecule has 7 heteroatoms. The molecule has 3 rings (SSSR count). The van der Waals surface area contributed by atoms with Crippen LogP contribution in [-0.4, -0.2) is 34.8 Å². The standard InChI is InChI=1S/C19H15NO4S2/c1-23-17(21)12-20-18(25)16(26-19(20)22)11-13-7-9-15(10-8-13)24-14-5-3-2-4-6-14/h2-11H,12H2,1H3. The zero-order valence-corrected chi connectivity index (χ0v) is 15.5. The van der Waals surface area contributed by atoms with E-state index in [-0.39, 0.29) is 11.8 Å². The second-order valence-electron chi connectivity index (χ2n) is 5.33. The molecule has 0 radical (unpaired) electrons. The third-order valence-electron chi connectivity index (χ3n) is 3.55. The van der Waals surface area contributed by atoms with E-state index in [2.05, 4.69) is 4.74 Å². The van der Waals surface area contributed by atoms with Gasteiger partial charge in [-0.15, -0.1) is 0 Å². The fourth-order valence-electron chi connectivity index (χ4n) is 2.24. The van der Waals surface area contributed by atoms with E-state index in [4.69, 9.17) is 17.0 Å². The highest BCUT2D eigenvalue weighted by Gasteiger charge is 2.33. The molecule has 0 saturated carbocycles. The number of nitrogens with zero attached hydrogens (tertiary/aromatic N) is 1. The highest BCUT2D eigenvalue weighted by atomic mass is 32.2. The summed E-state index contributed by atoms with van der Waals surface area (Å²) in [5, 5.41) is -0.282. The van der Waals surface area contributed by atoms with Crippen LogP contribution in [-0.2, 0) is 9.53 Å². The van der Waals surface area contributed by atoms with Crippen molar-refractivity contribution in [1.29, 1.82) is 0 Å². The Balaban J connectivity index is 1.71. The van der Waals surface area contributed by atoms with Crippen LogP contribution in [0.15, 0.2) is 59.5 Å². The molecule has 2 aromatic rings. The third kappa shape index (κ3) is 4.30. The minimum absolute atomic E-state index is 0.178. The van der Waals surface area contributed by atoms with Crippen molar-refractivity contribution in [2.75, 3.05) is 13.7 Å². The van der Waals surface area contributed by atoms with Gasteiger partial charge in [-0.1, -0.05) is 42.5 Å². The maximum absolute atomic E-state index is 12.0. The summed E-state index contributed by atoms with van der Waals surface area (Å²) in [5.41, 5.74) is 0.878. The van der Waals surface area contributed by atoms with Gasteiger partial charge in [0.25, 0.3) is 5.24 Å². The molecule has 1 saturated heterocycles. The van der Waals surface area contributed by atoms with Crippen LogP contribution in [0.5, 0.6) is 11.5 Å². The summed E-state index contributed by atoms with van der Waals surface area (Å²) in [6.07, 6.45) is 1.81. The average Bonchev–Trinajstić information content (AvgIpc) is 2.91. The van der Waals surface area contributed by atoms with Gasteiger partial charge in [0.2, 0.25) is 0 Å². The van der Waals surface area contributed by atoms with Gasteiger partial charge in [0, 0.05) is 0 Å². The number of ether oxygens (including phenoxy) is 2. The molecular formula is C19H15NO4S2. The zero-order chi connectivity index (χ0) is 18.5. The molecule has 0 bridgehead atoms. The quantitative estimate of drug-likeness (QED) is 0.429. The first-order valence-corrected chi connectivity index (χ1v) is 8.94. The highest BCUT2D eigenvalue weighted by molar-refractivity contribution is 8.19. The number of thiocarbonyl (C=S) groups is 1. The fraction of sp³-hybridized carbons (Fsp3) is 0.105. The van der Waals surface area contributed by atoms with Crippen LogP contribution in [0.2, 0.25) is 0 Å². The SMILES string of the molecule is COC(=O)CN1C(=O)SC(=Cc2ccc(Oc3ccccc3)cc2)C1=S. The first kappa shape index (κ1) is 18.2. The van der Waals surface area contributed by atoms with E-state index < -0.39 is 5.97 Å². The molecule has 0 aliphatic carbocycles. The van der Waals surface area contributed by atoms with Crippen LogP contribution in [0.4, 0.5) is 4.79 Å². The van der Waals surface area contributed by atoms with Gasteiger partial charge in [-0.2, -0.15) is 0 Å². The number of hydrogen-bond acceptors (Lipinski definition) is 6. The molecule has 0 atom stereocenters. The summed E-state index contributed by atoms with van der Waals surface area (Å²) < 4.78 is 10.3. The molecule has 5 nitrogen and oxygen atoms in total. The number of esters is 1. The van der Waals surface area contributed by atoms with Gasteiger partial charge in [-0.25, -0.2) is 0 Å². The Morgan fingerprint density at radius 3 is 2.42 bits per heavy atom. The summed E-state index contributed by atoms with van der Waals surface area (Å²) in [7, 11) is 1.27. The monoisotopic (exact) mass is 385 g/mol. The average molecular weight is 385 g/mol. The molecule has 0 N–H and O–H groups in total. The van der Waals surface area contributed by atoms with Gasteiger partial charge >= 0.3 is 5.97 Å². The van der Waals surface area contributed by atoms with E-state index in [1.165, 1.54) is 12.0 Å². The van der Waals surface area contributed by atoms with Gasteiger partial charge in [0.05, 0.1) is 12.0 Å². The molecular weight excluding hydrogens is 370 g/mol. The van der Waals surface area contributed by atoms with E-state index in [1.54, 1.807) is 0 Å². The molecule has 132 valence electrons. The fourth-order valence-corrected chi connectivity index (χ4v) is 3.47. The van der Waals surface area contributed by atoms with Crippen molar-refractivity contribution >= 4 is 46.3 Å². The van der Waals surface area contributed by atoms with Gasteiger partial charge in [0.1, 0.15) is 23.0 Å². The predicted octanol–water partition coefficient (Wildman–Crippen LogP) is 4.49. The summed E-state index contributed by atoms with van der Waals surface area (Å²) in [5.74, 6) is 0.962. The number of amides is 1. The Hall–Kier alpha value is -2.64. The Kier molecular flexibility index (Phi) is 5.70. The Bertz CT molecular complexity index is 863. The lowest BCUT2D eigenvalue weighted by Crippen LogP contribution is -2.33. The van der Waals surface area contributed by atoms with Gasteiger partial charge in [0.15, 0.2) is 0 Å². The topological polar surface area (TPSA) is 55.8 Å². The smallest absolute Gasteiger partial charge is 0.325 e. The minimum Gasteiger partial charge on any atom is -0.468 e. The maximum Gasteiger partial charge on any atom is 0.325 e. The second-order valence-corrected chi connectivity index (χ2v) is 6.71. The highest BCUT2D eigenvalue weighted by Crippen LogP contribution is 2.33. The zero-order valence-electron chi connectivity index (χ0n) is 13.9. The lowest BCUT2D eigenvalue weighted by Gasteiger charge is -2.12. The Morgan fingerprint density at radius 1 is 1.12 bits per heavy atom. The number of benzene rings is 2. The maximum atomic E-state index is 12.0. The van der Waals surface area contributed by atoms with Crippen molar-refractivity contribution in [2.24, 2.45) is 0 Å². The molecule has 26 heavy (non-hydrogen) atoms. The molecule has 1 fully saturated rings. The predicted molar refractivity (Wildman–Crippen MR) is 105 cm³/mol. The Labute approximate surface area is 160 Å². The summed E-state index contributed by atoms with van der Waals surface area (Å²) >= 11 is 6.30. The van der Waals surface area contributed by atoms with Crippen molar-refractivity contribution in [3.63, 3.8) is 0 Å². The first-order chi connectivity index (χ1) is 12.6. The van der Waals surface area contributed by atoms with Crippen LogP contribution in [0.1, 0.15) is 5.56 Å². The molecule has 1 amide bonds. The van der Waals surface area contributed by atoms with Gasteiger partial charge < -0.3 is 9.47 Å². The first-order valence-electron chi connectivity index (χ1n) is 7.72. The third-order valence-corrected chi connectivity index (χ3v) is 5.04. The van der Waals surface area contributed by atoms with Crippen molar-refractivity contribution in [3.05, 3.63) is 65.1 Å². The number of para-hydroxylation sites is 1. The number of rotatable bonds is 5. The molecule has 2 aromatic carbocycles. The van der Waals surface area contributed by atoms with Crippen LogP contribution in [0.3, 0.4) is 0 Å². The Morgan fingerprint density at radius 2 is 1.77 bits per heavy atom. The van der Waals surface area contributed by atoms with E-state index in [0.29, 0.717) is 15.6 Å². The molecule has 0 aromatic heterocycles. The van der Waals surface area contributed by atoms with Crippen molar-refractivity contribution in [2.45, 2.75) is 0 Å². The van der Waals surface area contributed by atoms with Gasteiger partial charge in [-0.3, -0.25) is 14.5 Å². The minimum atomic E-state index is -0.509. The summed E-state index contributed by atoms with van der Waals surface area (Å²) in [4.78, 5) is 25.6. The number of carbonyl (C=O) groups is 2. The number of methoxy groups -OCH3 is 1. The van der Waals surface area contributed by atoms with Crippen LogP contribution < -0.4 is 4.74 Å². The van der Waals surface area contributed by atoms with Crippen LogP contribution >= 0.6 is 24.0 Å². The number of carbonyl (C=O) groups excluding carboxylic acids is 2. The largest absolute Gasteiger partial charge is 0.468 e. The molecule has 0 spiro atoms. The number of thioether (sulfide) groups is 1. The van der Waals surface area contributed by atoms with E-state index >= 15 is 0 Å². The number of hydrogen-bond donors (Lipinski definition) is 0. The lowest BCUT2D eigenvalue weighted by atomic mass is 10.2. The van der Waals surface area contributed by atoms with Crippen molar-refractivity contribution < 1.29 is 19.1 Å². The van der Waals surface area contributed by atoms with Crippen LogP contribution in [0, 0.1) is 0 Å². The van der Waals surface area contributed by atoms with Crippen molar-refractivity contribution in [1.82, 2.24) is 4.90 Å². The summed E-state index contributed by atoms with van der Waals surface area (Å²) in [6, 6.07) is 16.9. The molecule has 0 unspecified atom stereocenters. The van der Waals surface area contributed by atoms with E-state index in [0.717, 1.165) is 23.1 Å². The van der Waals surface area contributed by atoms with Crippen LogP contribution in [0.25, 0.3) is 6.08 Å². The van der Waals surface area contributed by atoms with E-state index in [9.17, 15) is 9.59 Å². The van der Waals surface area contributed by atoms with E-state index in [1.807, 2.05) is 60.7 Å². The lowest BCUT2D eigenvalue weighted by molar-refractivity contribution is -0.140. The molecule has 1 heterocycles. The molecule has 1 aliphatic heterocycles. The second kappa shape index (κ2) is 8.16. The molecule has 1 aliphatic rings. The summed E-state index contributed by atoms with van der Waals surface area (Å²) in [6.45, 7) is -0.178.